The molecule has 0 spiro atoms. The topological polar surface area (TPSA) is 44.1 Å². The average Bonchev–Trinajstić information content (AvgIpc) is 3.04. The molecule has 1 heterocycles. The van der Waals surface area contributed by atoms with Crippen LogP contribution < -0.4 is 0 Å². The molecule has 20 heavy (non-hydrogen) atoms. The first-order valence-corrected chi connectivity index (χ1v) is 7.07. The summed E-state index contributed by atoms with van der Waals surface area (Å²) < 4.78 is 30.3. The number of ketones is 1. The van der Waals surface area contributed by atoms with Gasteiger partial charge in [-0.15, -0.1) is 0 Å². The summed E-state index contributed by atoms with van der Waals surface area (Å²) in [6.07, 6.45) is 4.62. The van der Waals surface area contributed by atoms with E-state index in [4.69, 9.17) is 4.74 Å². The highest BCUT2D eigenvalue weighted by atomic mass is 19.3. The Morgan fingerprint density at radius 1 is 1.45 bits per heavy atom. The normalized spacial score (nSPS) is 16.1. The van der Waals surface area contributed by atoms with Gasteiger partial charge in [0.05, 0.1) is 24.8 Å². The molecule has 1 saturated carbocycles. The van der Waals surface area contributed by atoms with Crippen LogP contribution in [0.4, 0.5) is 8.78 Å². The first-order chi connectivity index (χ1) is 9.65. The molecule has 2 rings (SSSR count). The van der Waals surface area contributed by atoms with Crippen LogP contribution in [0, 0.1) is 0 Å². The Morgan fingerprint density at radius 3 is 2.90 bits per heavy atom. The summed E-state index contributed by atoms with van der Waals surface area (Å²) in [5, 5.41) is 4.42. The van der Waals surface area contributed by atoms with Crippen molar-refractivity contribution >= 4 is 5.78 Å². The Labute approximate surface area is 117 Å². The SMILES string of the molecule is O=C(CCOCC(F)F)Cc1ccn(C2CCCC2)n1. The quantitative estimate of drug-likeness (QED) is 0.690. The second-order valence-corrected chi connectivity index (χ2v) is 5.16. The van der Waals surface area contributed by atoms with Crippen molar-refractivity contribution in [3.8, 4) is 0 Å². The van der Waals surface area contributed by atoms with Crippen LogP contribution in [-0.2, 0) is 16.0 Å². The molecular formula is C14H20F2N2O2. The summed E-state index contributed by atoms with van der Waals surface area (Å²) in [4.78, 5) is 11.7. The van der Waals surface area contributed by atoms with Gasteiger partial charge in [0.1, 0.15) is 12.4 Å². The molecule has 6 heteroatoms. The van der Waals surface area contributed by atoms with E-state index in [-0.39, 0.29) is 25.2 Å². The highest BCUT2D eigenvalue weighted by Gasteiger charge is 2.18. The van der Waals surface area contributed by atoms with Gasteiger partial charge in [0, 0.05) is 12.6 Å². The molecular weight excluding hydrogens is 266 g/mol. The van der Waals surface area contributed by atoms with E-state index in [0.29, 0.717) is 6.04 Å². The van der Waals surface area contributed by atoms with Gasteiger partial charge in [-0.05, 0) is 18.9 Å². The van der Waals surface area contributed by atoms with Crippen LogP contribution in [0.25, 0.3) is 0 Å². The Bertz CT molecular complexity index is 429. The number of ether oxygens (including phenoxy) is 1. The van der Waals surface area contributed by atoms with Gasteiger partial charge in [-0.3, -0.25) is 9.48 Å². The maximum Gasteiger partial charge on any atom is 0.261 e. The van der Waals surface area contributed by atoms with E-state index < -0.39 is 13.0 Å². The molecule has 0 amide bonds. The molecule has 0 bridgehead atoms. The minimum Gasteiger partial charge on any atom is -0.375 e. The van der Waals surface area contributed by atoms with Gasteiger partial charge in [-0.25, -0.2) is 8.78 Å². The number of carbonyl (C=O) groups excluding carboxylic acids is 1. The minimum absolute atomic E-state index is 0.0315. The molecule has 1 fully saturated rings. The fourth-order valence-electron chi connectivity index (χ4n) is 2.49. The van der Waals surface area contributed by atoms with E-state index in [2.05, 4.69) is 5.10 Å². The van der Waals surface area contributed by atoms with Crippen LogP contribution >= 0.6 is 0 Å². The van der Waals surface area contributed by atoms with Gasteiger partial charge < -0.3 is 4.74 Å². The molecule has 0 aromatic carbocycles. The highest BCUT2D eigenvalue weighted by Crippen LogP contribution is 2.28. The van der Waals surface area contributed by atoms with Crippen molar-refractivity contribution in [1.29, 1.82) is 0 Å². The molecule has 1 aliphatic rings. The lowest BCUT2D eigenvalue weighted by Crippen LogP contribution is -2.11. The largest absolute Gasteiger partial charge is 0.375 e. The third-order valence-electron chi connectivity index (χ3n) is 3.51. The number of nitrogens with zero attached hydrogens (tertiary/aromatic N) is 2. The van der Waals surface area contributed by atoms with Gasteiger partial charge in [-0.1, -0.05) is 12.8 Å². The van der Waals surface area contributed by atoms with E-state index in [9.17, 15) is 13.6 Å². The van der Waals surface area contributed by atoms with E-state index in [1.165, 1.54) is 12.8 Å². The molecule has 0 radical (unpaired) electrons. The maximum absolute atomic E-state index is 11.8. The van der Waals surface area contributed by atoms with Crippen LogP contribution in [0.15, 0.2) is 12.3 Å². The smallest absolute Gasteiger partial charge is 0.261 e. The van der Waals surface area contributed by atoms with Crippen molar-refractivity contribution < 1.29 is 18.3 Å². The predicted molar refractivity (Wildman–Crippen MR) is 69.9 cm³/mol. The summed E-state index contributed by atoms with van der Waals surface area (Å²) in [6.45, 7) is -0.559. The van der Waals surface area contributed by atoms with Crippen molar-refractivity contribution in [3.05, 3.63) is 18.0 Å². The van der Waals surface area contributed by atoms with Crippen LogP contribution in [0.3, 0.4) is 0 Å². The summed E-state index contributed by atoms with van der Waals surface area (Å²) >= 11 is 0. The van der Waals surface area contributed by atoms with Crippen molar-refractivity contribution in [1.82, 2.24) is 9.78 Å². The number of hydrogen-bond donors (Lipinski definition) is 0. The first-order valence-electron chi connectivity index (χ1n) is 7.07. The molecule has 112 valence electrons. The number of hydrogen-bond acceptors (Lipinski definition) is 3. The zero-order chi connectivity index (χ0) is 14.4. The number of aromatic nitrogens is 2. The molecule has 0 unspecified atom stereocenters. The molecule has 0 N–H and O–H groups in total. The standard InChI is InChI=1S/C14H20F2N2O2/c15-14(16)10-20-8-6-13(19)9-11-5-7-18(17-11)12-3-1-2-4-12/h5,7,12,14H,1-4,6,8-10H2. The third-order valence-corrected chi connectivity index (χ3v) is 3.51. The number of carbonyl (C=O) groups is 1. The molecule has 0 atom stereocenters. The van der Waals surface area contributed by atoms with Crippen LogP contribution in [0.5, 0.6) is 0 Å². The molecule has 1 aromatic rings. The zero-order valence-corrected chi connectivity index (χ0v) is 11.4. The number of Topliss-reactive ketones (excluding diaryl/α,β-unsaturated/α-hetero) is 1. The second-order valence-electron chi connectivity index (χ2n) is 5.16. The van der Waals surface area contributed by atoms with E-state index in [1.54, 1.807) is 0 Å². The van der Waals surface area contributed by atoms with Gasteiger partial charge in [0.2, 0.25) is 0 Å². The Kier molecular flexibility index (Phi) is 5.64. The number of halogens is 2. The summed E-state index contributed by atoms with van der Waals surface area (Å²) in [5.41, 5.74) is 0.746. The molecule has 1 aromatic heterocycles. The number of alkyl halides is 2. The summed E-state index contributed by atoms with van der Waals surface area (Å²) in [6, 6.07) is 2.32. The minimum atomic E-state index is -2.48. The van der Waals surface area contributed by atoms with Gasteiger partial charge in [0.25, 0.3) is 6.43 Å². The van der Waals surface area contributed by atoms with E-state index in [0.717, 1.165) is 18.5 Å². The Morgan fingerprint density at radius 2 is 2.20 bits per heavy atom. The first kappa shape index (κ1) is 15.1. The van der Waals surface area contributed by atoms with Crippen molar-refractivity contribution in [2.75, 3.05) is 13.2 Å². The lowest BCUT2D eigenvalue weighted by atomic mass is 10.2. The molecule has 4 nitrogen and oxygen atoms in total. The van der Waals surface area contributed by atoms with Crippen LogP contribution in [0.2, 0.25) is 0 Å². The lowest BCUT2D eigenvalue weighted by Gasteiger charge is -2.08. The van der Waals surface area contributed by atoms with Crippen LogP contribution in [-0.4, -0.2) is 35.2 Å². The van der Waals surface area contributed by atoms with Crippen molar-refractivity contribution in [2.24, 2.45) is 0 Å². The third kappa shape index (κ3) is 4.67. The molecule has 0 aliphatic heterocycles. The number of rotatable bonds is 8. The van der Waals surface area contributed by atoms with Crippen molar-refractivity contribution in [3.63, 3.8) is 0 Å². The predicted octanol–water partition coefficient (Wildman–Crippen LogP) is 2.78. The fraction of sp³-hybridized carbons (Fsp3) is 0.714. The van der Waals surface area contributed by atoms with Gasteiger partial charge in [-0.2, -0.15) is 5.10 Å². The zero-order valence-electron chi connectivity index (χ0n) is 11.4. The molecule has 1 aliphatic carbocycles. The second kappa shape index (κ2) is 7.47. The maximum atomic E-state index is 11.8. The monoisotopic (exact) mass is 286 g/mol. The lowest BCUT2D eigenvalue weighted by molar-refractivity contribution is -0.120. The molecule has 0 saturated heterocycles. The van der Waals surface area contributed by atoms with E-state index >= 15 is 0 Å². The Balaban J connectivity index is 1.71. The summed E-state index contributed by atoms with van der Waals surface area (Å²) in [5.74, 6) is -0.0315. The van der Waals surface area contributed by atoms with E-state index in [1.807, 2.05) is 16.9 Å². The van der Waals surface area contributed by atoms with Crippen LogP contribution in [0.1, 0.15) is 43.8 Å². The van der Waals surface area contributed by atoms with Gasteiger partial charge in [0.15, 0.2) is 0 Å². The van der Waals surface area contributed by atoms with Crippen molar-refractivity contribution in [2.45, 2.75) is 51.0 Å². The average molecular weight is 286 g/mol. The highest BCUT2D eigenvalue weighted by molar-refractivity contribution is 5.80. The Hall–Kier alpha value is -1.30. The summed E-state index contributed by atoms with van der Waals surface area (Å²) in [7, 11) is 0. The fourth-order valence-corrected chi connectivity index (χ4v) is 2.49. The van der Waals surface area contributed by atoms with Gasteiger partial charge >= 0.3 is 0 Å².